The minimum Gasteiger partial charge on any atom is -0.493 e. The molecule has 0 aliphatic heterocycles. The molecular formula is C23H19F4NO2. The van der Waals surface area contributed by atoms with Crippen molar-refractivity contribution in [1.29, 1.82) is 0 Å². The Labute approximate surface area is 171 Å². The number of rotatable bonds is 5. The number of benzene rings is 2. The molecule has 0 unspecified atom stereocenters. The minimum atomic E-state index is -1.80. The Morgan fingerprint density at radius 3 is 1.90 bits per heavy atom. The van der Waals surface area contributed by atoms with Crippen LogP contribution in [0.25, 0.3) is 12.2 Å². The molecule has 156 valence electrons. The zero-order valence-corrected chi connectivity index (χ0v) is 16.8. The Bertz CT molecular complexity index is 1090. The van der Waals surface area contributed by atoms with Gasteiger partial charge in [0.05, 0.1) is 7.11 Å². The average molecular weight is 417 g/mol. The first-order valence-electron chi connectivity index (χ1n) is 9.03. The monoisotopic (exact) mass is 417 g/mol. The van der Waals surface area contributed by atoms with Gasteiger partial charge in [-0.2, -0.15) is 22.5 Å². The van der Waals surface area contributed by atoms with E-state index in [9.17, 15) is 17.6 Å². The lowest BCUT2D eigenvalue weighted by atomic mass is 10.00. The van der Waals surface area contributed by atoms with E-state index in [-0.39, 0.29) is 11.5 Å². The average Bonchev–Trinajstić information content (AvgIpc) is 2.72. The quantitative estimate of drug-likeness (QED) is 0.269. The minimum absolute atomic E-state index is 0.112. The molecule has 1 aromatic heterocycles. The molecule has 0 amide bonds. The Hall–Kier alpha value is -3.35. The van der Waals surface area contributed by atoms with E-state index < -0.39 is 29.3 Å². The molecule has 0 atom stereocenters. The lowest BCUT2D eigenvalue weighted by molar-refractivity contribution is 0.328. The molecule has 7 heteroatoms. The van der Waals surface area contributed by atoms with Crippen molar-refractivity contribution in [2.45, 2.75) is 20.8 Å². The SMILES string of the molecule is COc1ccc(C=Cc2cc(C)c(C)c(C)c2)cc1Oc1c(F)c(F)nc(F)c1F. The summed E-state index contributed by atoms with van der Waals surface area (Å²) >= 11 is 0. The van der Waals surface area contributed by atoms with E-state index in [1.807, 2.05) is 39.0 Å². The van der Waals surface area contributed by atoms with Crippen LogP contribution in [-0.2, 0) is 0 Å². The van der Waals surface area contributed by atoms with Gasteiger partial charge < -0.3 is 9.47 Å². The summed E-state index contributed by atoms with van der Waals surface area (Å²) in [5.41, 5.74) is 5.12. The van der Waals surface area contributed by atoms with Crippen LogP contribution in [0.5, 0.6) is 17.2 Å². The van der Waals surface area contributed by atoms with Crippen LogP contribution >= 0.6 is 0 Å². The lowest BCUT2D eigenvalue weighted by Gasteiger charge is -2.12. The van der Waals surface area contributed by atoms with E-state index in [2.05, 4.69) is 4.98 Å². The van der Waals surface area contributed by atoms with Crippen LogP contribution in [0.15, 0.2) is 30.3 Å². The second-order valence-electron chi connectivity index (χ2n) is 6.78. The molecule has 1 heterocycles. The second-order valence-corrected chi connectivity index (χ2v) is 6.78. The fraction of sp³-hybridized carbons (Fsp3) is 0.174. The van der Waals surface area contributed by atoms with Crippen molar-refractivity contribution in [2.24, 2.45) is 0 Å². The number of pyridine rings is 1. The van der Waals surface area contributed by atoms with Crippen LogP contribution < -0.4 is 9.47 Å². The van der Waals surface area contributed by atoms with Crippen LogP contribution in [-0.4, -0.2) is 12.1 Å². The highest BCUT2D eigenvalue weighted by molar-refractivity contribution is 5.72. The molecule has 0 saturated carbocycles. The van der Waals surface area contributed by atoms with Gasteiger partial charge in [-0.15, -0.1) is 0 Å². The third kappa shape index (κ3) is 4.30. The van der Waals surface area contributed by atoms with Gasteiger partial charge in [0.2, 0.25) is 17.4 Å². The van der Waals surface area contributed by atoms with Crippen molar-refractivity contribution in [3.05, 3.63) is 81.7 Å². The number of aromatic nitrogens is 1. The molecule has 0 saturated heterocycles. The lowest BCUT2D eigenvalue weighted by Crippen LogP contribution is -2.04. The first-order chi connectivity index (χ1) is 14.2. The summed E-state index contributed by atoms with van der Waals surface area (Å²) in [5.74, 6) is -8.29. The van der Waals surface area contributed by atoms with Crippen molar-refractivity contribution < 1.29 is 27.0 Å². The Balaban J connectivity index is 1.97. The zero-order chi connectivity index (χ0) is 22.0. The van der Waals surface area contributed by atoms with Crippen molar-refractivity contribution in [3.8, 4) is 17.2 Å². The number of nitrogens with zero attached hydrogens (tertiary/aromatic N) is 1. The van der Waals surface area contributed by atoms with Crippen LogP contribution in [0.2, 0.25) is 0 Å². The third-order valence-corrected chi connectivity index (χ3v) is 4.77. The highest BCUT2D eigenvalue weighted by Gasteiger charge is 2.24. The molecule has 0 aliphatic rings. The molecule has 0 spiro atoms. The zero-order valence-electron chi connectivity index (χ0n) is 16.8. The third-order valence-electron chi connectivity index (χ3n) is 4.77. The fourth-order valence-corrected chi connectivity index (χ4v) is 2.90. The maximum Gasteiger partial charge on any atom is 0.255 e. The van der Waals surface area contributed by atoms with Crippen LogP contribution in [0.1, 0.15) is 27.8 Å². The largest absolute Gasteiger partial charge is 0.493 e. The van der Waals surface area contributed by atoms with E-state index in [0.29, 0.717) is 5.56 Å². The molecule has 0 bridgehead atoms. The predicted molar refractivity (Wildman–Crippen MR) is 107 cm³/mol. The Morgan fingerprint density at radius 1 is 0.767 bits per heavy atom. The normalized spacial score (nSPS) is 11.2. The molecule has 2 aromatic carbocycles. The Morgan fingerprint density at radius 2 is 1.33 bits per heavy atom. The first-order valence-corrected chi connectivity index (χ1v) is 9.03. The topological polar surface area (TPSA) is 31.4 Å². The fourth-order valence-electron chi connectivity index (χ4n) is 2.90. The number of halogens is 4. The van der Waals surface area contributed by atoms with Gasteiger partial charge in [0.25, 0.3) is 11.9 Å². The number of ether oxygens (including phenoxy) is 2. The van der Waals surface area contributed by atoms with Crippen molar-refractivity contribution in [2.75, 3.05) is 7.11 Å². The molecule has 30 heavy (non-hydrogen) atoms. The summed E-state index contributed by atoms with van der Waals surface area (Å²) < 4.78 is 64.8. The van der Waals surface area contributed by atoms with Gasteiger partial charge in [-0.25, -0.2) is 0 Å². The predicted octanol–water partition coefficient (Wildman–Crippen LogP) is 6.53. The van der Waals surface area contributed by atoms with E-state index in [1.54, 1.807) is 12.1 Å². The standard InChI is InChI=1S/C23H19F4NO2/c1-12-9-16(10-13(2)14(12)3)6-5-15-7-8-17(29-4)18(11-15)30-21-19(24)22(26)28-23(27)20(21)25/h5-11H,1-4H3. The number of aryl methyl sites for hydroxylation is 2. The molecule has 0 fully saturated rings. The summed E-state index contributed by atoms with van der Waals surface area (Å²) in [4.78, 5) is 2.51. The summed E-state index contributed by atoms with van der Waals surface area (Å²) in [6, 6.07) is 8.74. The van der Waals surface area contributed by atoms with Crippen LogP contribution in [0.3, 0.4) is 0 Å². The smallest absolute Gasteiger partial charge is 0.255 e. The molecule has 3 rings (SSSR count). The first kappa shape index (κ1) is 21.4. The van der Waals surface area contributed by atoms with E-state index in [4.69, 9.17) is 9.47 Å². The van der Waals surface area contributed by atoms with Gasteiger partial charge in [0.1, 0.15) is 0 Å². The van der Waals surface area contributed by atoms with Crippen molar-refractivity contribution in [3.63, 3.8) is 0 Å². The van der Waals surface area contributed by atoms with Gasteiger partial charge in [-0.3, -0.25) is 0 Å². The van der Waals surface area contributed by atoms with E-state index in [1.165, 1.54) is 24.8 Å². The van der Waals surface area contributed by atoms with Crippen LogP contribution in [0, 0.1) is 44.3 Å². The van der Waals surface area contributed by atoms with Gasteiger partial charge >= 0.3 is 0 Å². The molecule has 0 radical (unpaired) electrons. The highest BCUT2D eigenvalue weighted by atomic mass is 19.2. The molecular weight excluding hydrogens is 398 g/mol. The molecule has 3 aromatic rings. The van der Waals surface area contributed by atoms with Gasteiger partial charge in [0, 0.05) is 0 Å². The molecule has 0 N–H and O–H groups in total. The van der Waals surface area contributed by atoms with Gasteiger partial charge in [-0.05, 0) is 60.7 Å². The maximum absolute atomic E-state index is 13.9. The molecule has 3 nitrogen and oxygen atoms in total. The summed E-state index contributed by atoms with van der Waals surface area (Å²) in [7, 11) is 1.33. The van der Waals surface area contributed by atoms with Gasteiger partial charge in [-0.1, -0.05) is 30.4 Å². The number of hydrogen-bond donors (Lipinski definition) is 0. The van der Waals surface area contributed by atoms with E-state index >= 15 is 0 Å². The number of methoxy groups -OCH3 is 1. The summed E-state index contributed by atoms with van der Waals surface area (Å²) in [6.07, 6.45) is 3.65. The van der Waals surface area contributed by atoms with Crippen molar-refractivity contribution in [1.82, 2.24) is 4.98 Å². The summed E-state index contributed by atoms with van der Waals surface area (Å²) in [5, 5.41) is 0. The Kier molecular flexibility index (Phi) is 6.10. The van der Waals surface area contributed by atoms with Crippen molar-refractivity contribution >= 4 is 12.2 Å². The summed E-state index contributed by atoms with van der Waals surface area (Å²) in [6.45, 7) is 6.10. The van der Waals surface area contributed by atoms with Crippen LogP contribution in [0.4, 0.5) is 17.6 Å². The molecule has 0 aliphatic carbocycles. The van der Waals surface area contributed by atoms with Gasteiger partial charge in [0.15, 0.2) is 11.5 Å². The van der Waals surface area contributed by atoms with E-state index in [0.717, 1.165) is 16.7 Å². The maximum atomic E-state index is 13.9. The second kappa shape index (κ2) is 8.57. The number of hydrogen-bond acceptors (Lipinski definition) is 3. The highest BCUT2D eigenvalue weighted by Crippen LogP contribution is 2.36.